The van der Waals surface area contributed by atoms with Crippen LogP contribution in [0.15, 0.2) is 48.7 Å². The van der Waals surface area contributed by atoms with Gasteiger partial charge in [-0.3, -0.25) is 4.98 Å². The van der Waals surface area contributed by atoms with Crippen molar-refractivity contribution in [3.05, 3.63) is 69.8 Å². The lowest BCUT2D eigenvalue weighted by Crippen LogP contribution is -2.02. The van der Waals surface area contributed by atoms with E-state index in [1.54, 1.807) is 0 Å². The molecule has 0 radical (unpaired) electrons. The second-order valence-electron chi connectivity index (χ2n) is 4.88. The number of anilines is 1. The lowest BCUT2D eigenvalue weighted by Gasteiger charge is -2.12. The molecular formula is C17H14Cl2N2. The van der Waals surface area contributed by atoms with E-state index in [4.69, 9.17) is 23.2 Å². The first-order chi connectivity index (χ1) is 10.2. The second-order valence-corrected chi connectivity index (χ2v) is 5.70. The van der Waals surface area contributed by atoms with Crippen molar-refractivity contribution in [2.75, 3.05) is 5.32 Å². The van der Waals surface area contributed by atoms with Crippen LogP contribution < -0.4 is 5.32 Å². The minimum atomic E-state index is 0.575. The molecule has 2 aromatic carbocycles. The number of benzene rings is 2. The van der Waals surface area contributed by atoms with Crippen LogP contribution in [-0.2, 0) is 6.54 Å². The monoisotopic (exact) mass is 316 g/mol. The molecule has 0 fully saturated rings. The highest BCUT2D eigenvalue weighted by Gasteiger charge is 2.07. The summed E-state index contributed by atoms with van der Waals surface area (Å²) >= 11 is 12.4. The molecule has 0 spiro atoms. The SMILES string of the molecule is Cc1ccc(NCc2c(Cl)cccc2Cl)c2cccnc12. The van der Waals surface area contributed by atoms with Gasteiger partial charge in [-0.1, -0.05) is 35.3 Å². The Morgan fingerprint density at radius 1 is 1.00 bits per heavy atom. The molecule has 0 saturated heterocycles. The third-order valence-corrected chi connectivity index (χ3v) is 4.20. The van der Waals surface area contributed by atoms with E-state index in [1.165, 1.54) is 0 Å². The maximum atomic E-state index is 6.20. The Kier molecular flexibility index (Phi) is 4.00. The number of aryl methyl sites for hydroxylation is 1. The first-order valence-corrected chi connectivity index (χ1v) is 7.43. The largest absolute Gasteiger partial charge is 0.380 e. The zero-order valence-electron chi connectivity index (χ0n) is 11.5. The molecule has 0 aliphatic carbocycles. The average molecular weight is 317 g/mol. The van der Waals surface area contributed by atoms with E-state index in [1.807, 2.05) is 30.5 Å². The number of hydrogen-bond donors (Lipinski definition) is 1. The number of halogens is 2. The third-order valence-electron chi connectivity index (χ3n) is 3.49. The van der Waals surface area contributed by atoms with Crippen LogP contribution in [0.5, 0.6) is 0 Å². The minimum Gasteiger partial charge on any atom is -0.380 e. The highest BCUT2D eigenvalue weighted by atomic mass is 35.5. The topological polar surface area (TPSA) is 24.9 Å². The number of nitrogens with one attached hydrogen (secondary N) is 1. The quantitative estimate of drug-likeness (QED) is 0.693. The number of rotatable bonds is 3. The van der Waals surface area contributed by atoms with Gasteiger partial charge in [0, 0.05) is 39.4 Å². The normalized spacial score (nSPS) is 10.8. The van der Waals surface area contributed by atoms with Crippen molar-refractivity contribution in [1.82, 2.24) is 4.98 Å². The Morgan fingerprint density at radius 2 is 1.76 bits per heavy atom. The summed E-state index contributed by atoms with van der Waals surface area (Å²) in [6, 6.07) is 13.7. The van der Waals surface area contributed by atoms with E-state index in [2.05, 4.69) is 35.4 Å². The average Bonchev–Trinajstić information content (AvgIpc) is 2.49. The lowest BCUT2D eigenvalue weighted by atomic mass is 10.1. The highest BCUT2D eigenvalue weighted by Crippen LogP contribution is 2.28. The molecule has 0 bridgehead atoms. The van der Waals surface area contributed by atoms with Gasteiger partial charge in [-0.15, -0.1) is 0 Å². The van der Waals surface area contributed by atoms with E-state index >= 15 is 0 Å². The van der Waals surface area contributed by atoms with Crippen molar-refractivity contribution in [2.24, 2.45) is 0 Å². The van der Waals surface area contributed by atoms with Crippen molar-refractivity contribution in [2.45, 2.75) is 13.5 Å². The minimum absolute atomic E-state index is 0.575. The fourth-order valence-electron chi connectivity index (χ4n) is 2.35. The van der Waals surface area contributed by atoms with Crippen LogP contribution in [0.2, 0.25) is 10.0 Å². The van der Waals surface area contributed by atoms with E-state index in [9.17, 15) is 0 Å². The van der Waals surface area contributed by atoms with E-state index in [0.29, 0.717) is 16.6 Å². The van der Waals surface area contributed by atoms with Gasteiger partial charge < -0.3 is 5.32 Å². The number of hydrogen-bond acceptors (Lipinski definition) is 2. The summed E-state index contributed by atoms with van der Waals surface area (Å²) in [7, 11) is 0. The van der Waals surface area contributed by atoms with Crippen LogP contribution in [0.1, 0.15) is 11.1 Å². The molecule has 106 valence electrons. The number of fused-ring (bicyclic) bond motifs is 1. The summed E-state index contributed by atoms with van der Waals surface area (Å²) in [6.07, 6.45) is 1.81. The Bertz CT molecular complexity index is 780. The number of pyridine rings is 1. The molecule has 0 aliphatic rings. The summed E-state index contributed by atoms with van der Waals surface area (Å²) in [5.41, 5.74) is 4.10. The highest BCUT2D eigenvalue weighted by molar-refractivity contribution is 6.36. The summed E-state index contributed by atoms with van der Waals surface area (Å²) in [5, 5.41) is 5.84. The molecule has 21 heavy (non-hydrogen) atoms. The predicted octanol–water partition coefficient (Wildman–Crippen LogP) is 5.46. The van der Waals surface area contributed by atoms with Gasteiger partial charge in [0.1, 0.15) is 0 Å². The van der Waals surface area contributed by atoms with Crippen LogP contribution in [0.25, 0.3) is 10.9 Å². The first kappa shape index (κ1) is 14.2. The molecule has 1 aromatic heterocycles. The third kappa shape index (κ3) is 2.82. The van der Waals surface area contributed by atoms with Crippen LogP contribution in [0.4, 0.5) is 5.69 Å². The van der Waals surface area contributed by atoms with Crippen LogP contribution in [0.3, 0.4) is 0 Å². The standard InChI is InChI=1S/C17H14Cl2N2/c1-11-7-8-16(12-4-3-9-20-17(11)12)21-10-13-14(18)5-2-6-15(13)19/h2-9,21H,10H2,1H3. The second kappa shape index (κ2) is 5.92. The zero-order valence-corrected chi connectivity index (χ0v) is 13.0. The van der Waals surface area contributed by atoms with Gasteiger partial charge >= 0.3 is 0 Å². The van der Waals surface area contributed by atoms with Crippen molar-refractivity contribution in [1.29, 1.82) is 0 Å². The van der Waals surface area contributed by atoms with E-state index in [-0.39, 0.29) is 0 Å². The summed E-state index contributed by atoms with van der Waals surface area (Å²) in [5.74, 6) is 0. The molecule has 2 nitrogen and oxygen atoms in total. The molecule has 0 amide bonds. The van der Waals surface area contributed by atoms with Gasteiger partial charge in [0.15, 0.2) is 0 Å². The van der Waals surface area contributed by atoms with E-state index < -0.39 is 0 Å². The van der Waals surface area contributed by atoms with Crippen molar-refractivity contribution in [3.8, 4) is 0 Å². The molecule has 1 heterocycles. The summed E-state index contributed by atoms with van der Waals surface area (Å²) in [4.78, 5) is 4.44. The fraction of sp³-hybridized carbons (Fsp3) is 0.118. The molecule has 0 unspecified atom stereocenters. The Balaban J connectivity index is 1.94. The van der Waals surface area contributed by atoms with Gasteiger partial charge in [-0.25, -0.2) is 0 Å². The smallest absolute Gasteiger partial charge is 0.0751 e. The molecule has 3 aromatic rings. The van der Waals surface area contributed by atoms with Crippen molar-refractivity contribution in [3.63, 3.8) is 0 Å². The Morgan fingerprint density at radius 3 is 2.52 bits per heavy atom. The Hall–Kier alpha value is -1.77. The molecule has 0 atom stereocenters. The molecule has 3 rings (SSSR count). The van der Waals surface area contributed by atoms with Gasteiger partial charge in [0.25, 0.3) is 0 Å². The molecular weight excluding hydrogens is 303 g/mol. The molecule has 4 heteroatoms. The molecule has 1 N–H and O–H groups in total. The van der Waals surface area contributed by atoms with Crippen LogP contribution >= 0.6 is 23.2 Å². The fourth-order valence-corrected chi connectivity index (χ4v) is 2.88. The maximum Gasteiger partial charge on any atom is 0.0751 e. The van der Waals surface area contributed by atoms with Gasteiger partial charge in [0.05, 0.1) is 5.52 Å². The Labute approximate surface area is 133 Å². The first-order valence-electron chi connectivity index (χ1n) is 6.68. The lowest BCUT2D eigenvalue weighted by molar-refractivity contribution is 1.15. The van der Waals surface area contributed by atoms with E-state index in [0.717, 1.165) is 27.7 Å². The zero-order chi connectivity index (χ0) is 14.8. The van der Waals surface area contributed by atoms with Gasteiger partial charge in [0.2, 0.25) is 0 Å². The van der Waals surface area contributed by atoms with Gasteiger partial charge in [-0.2, -0.15) is 0 Å². The molecule has 0 aliphatic heterocycles. The van der Waals surface area contributed by atoms with Crippen LogP contribution in [0, 0.1) is 6.92 Å². The van der Waals surface area contributed by atoms with Crippen LogP contribution in [-0.4, -0.2) is 4.98 Å². The summed E-state index contributed by atoms with van der Waals surface area (Å²) < 4.78 is 0. The van der Waals surface area contributed by atoms with Crippen molar-refractivity contribution >= 4 is 39.8 Å². The molecule has 0 saturated carbocycles. The maximum absolute atomic E-state index is 6.20. The number of aromatic nitrogens is 1. The predicted molar refractivity (Wildman–Crippen MR) is 90.3 cm³/mol. The van der Waals surface area contributed by atoms with Gasteiger partial charge in [-0.05, 0) is 42.8 Å². The summed E-state index contributed by atoms with van der Waals surface area (Å²) in [6.45, 7) is 2.63. The van der Waals surface area contributed by atoms with Crippen molar-refractivity contribution < 1.29 is 0 Å². The number of nitrogens with zero attached hydrogens (tertiary/aromatic N) is 1.